The number of carbonyl (C=O) groups excluding carboxylic acids is 1. The number of primary amides is 1. The summed E-state index contributed by atoms with van der Waals surface area (Å²) in [6.07, 6.45) is -0.812. The molecule has 1 aromatic rings. The Kier molecular flexibility index (Phi) is 2.97. The number of hydrogen-bond donors (Lipinski definition) is 2. The van der Waals surface area contributed by atoms with E-state index in [1.807, 2.05) is 0 Å². The zero-order chi connectivity index (χ0) is 9.84. The first-order valence-electron chi connectivity index (χ1n) is 3.55. The number of hydrogen-bond acceptors (Lipinski definition) is 3. The quantitative estimate of drug-likeness (QED) is 0.711. The highest BCUT2D eigenvalue weighted by atomic mass is 35.5. The summed E-state index contributed by atoms with van der Waals surface area (Å²) in [5.41, 5.74) is 11.5. The van der Waals surface area contributed by atoms with E-state index in [9.17, 15) is 4.79 Å². The Morgan fingerprint density at radius 1 is 1.54 bits per heavy atom. The maximum absolute atomic E-state index is 10.3. The van der Waals surface area contributed by atoms with Crippen LogP contribution in [0.2, 0.25) is 5.02 Å². The van der Waals surface area contributed by atoms with Gasteiger partial charge >= 0.3 is 6.09 Å². The second kappa shape index (κ2) is 4.00. The fourth-order valence-corrected chi connectivity index (χ4v) is 1.02. The molecule has 0 unspecified atom stereocenters. The Morgan fingerprint density at radius 2 is 2.23 bits per heavy atom. The Labute approximate surface area is 80.4 Å². The smallest absolute Gasteiger partial charge is 0.404 e. The largest absolute Gasteiger partial charge is 0.445 e. The molecule has 0 radical (unpaired) electrons. The number of benzene rings is 1. The molecule has 4 nitrogen and oxygen atoms in total. The van der Waals surface area contributed by atoms with Crippen LogP contribution in [0.5, 0.6) is 0 Å². The van der Waals surface area contributed by atoms with Gasteiger partial charge in [0.25, 0.3) is 0 Å². The molecule has 0 heterocycles. The molecule has 0 atom stereocenters. The van der Waals surface area contributed by atoms with Gasteiger partial charge in [-0.15, -0.1) is 0 Å². The minimum absolute atomic E-state index is 0.106. The second-order valence-corrected chi connectivity index (χ2v) is 2.87. The standard InChI is InChI=1S/C8H9ClN2O2/c9-6-3-5(1-2-7(6)10)4-13-8(11)12/h1-3H,4,10H2,(H2,11,12). The normalized spacial score (nSPS) is 9.62. The molecule has 0 bridgehead atoms. The topological polar surface area (TPSA) is 78.3 Å². The van der Waals surface area contributed by atoms with Crippen LogP contribution in [0.25, 0.3) is 0 Å². The Hall–Kier alpha value is -1.42. The molecular formula is C8H9ClN2O2. The van der Waals surface area contributed by atoms with E-state index in [4.69, 9.17) is 23.1 Å². The fourth-order valence-electron chi connectivity index (χ4n) is 0.815. The summed E-state index contributed by atoms with van der Waals surface area (Å²) in [7, 11) is 0. The van der Waals surface area contributed by atoms with Crippen LogP contribution in [0.3, 0.4) is 0 Å². The predicted octanol–water partition coefficient (Wildman–Crippen LogP) is 1.52. The lowest BCUT2D eigenvalue weighted by Crippen LogP contribution is -2.12. The molecule has 0 aliphatic heterocycles. The predicted molar refractivity (Wildman–Crippen MR) is 50.2 cm³/mol. The lowest BCUT2D eigenvalue weighted by Gasteiger charge is -2.03. The molecule has 13 heavy (non-hydrogen) atoms. The highest BCUT2D eigenvalue weighted by Gasteiger charge is 2.00. The van der Waals surface area contributed by atoms with Crippen LogP contribution in [-0.2, 0) is 11.3 Å². The third-order valence-electron chi connectivity index (χ3n) is 1.45. The van der Waals surface area contributed by atoms with Gasteiger partial charge in [-0.25, -0.2) is 4.79 Å². The molecule has 1 aromatic carbocycles. The van der Waals surface area contributed by atoms with E-state index in [2.05, 4.69) is 4.74 Å². The van der Waals surface area contributed by atoms with Gasteiger partial charge < -0.3 is 16.2 Å². The number of anilines is 1. The van der Waals surface area contributed by atoms with Gasteiger partial charge in [-0.05, 0) is 17.7 Å². The van der Waals surface area contributed by atoms with Crippen LogP contribution in [0, 0.1) is 0 Å². The fraction of sp³-hybridized carbons (Fsp3) is 0.125. The van der Waals surface area contributed by atoms with E-state index in [1.165, 1.54) is 0 Å². The van der Waals surface area contributed by atoms with Crippen molar-refractivity contribution in [1.29, 1.82) is 0 Å². The van der Waals surface area contributed by atoms with Gasteiger partial charge in [0.2, 0.25) is 0 Å². The summed E-state index contributed by atoms with van der Waals surface area (Å²) < 4.78 is 4.56. The van der Waals surface area contributed by atoms with Crippen molar-refractivity contribution in [3.8, 4) is 0 Å². The summed E-state index contributed by atoms with van der Waals surface area (Å²) >= 11 is 5.73. The monoisotopic (exact) mass is 200 g/mol. The van der Waals surface area contributed by atoms with Crippen LogP contribution in [0.4, 0.5) is 10.5 Å². The Bertz CT molecular complexity index is 328. The summed E-state index contributed by atoms with van der Waals surface area (Å²) in [6, 6.07) is 4.98. The molecule has 5 heteroatoms. The lowest BCUT2D eigenvalue weighted by molar-refractivity contribution is 0.150. The van der Waals surface area contributed by atoms with E-state index < -0.39 is 6.09 Å². The van der Waals surface area contributed by atoms with E-state index in [-0.39, 0.29) is 6.61 Å². The van der Waals surface area contributed by atoms with Crippen molar-refractivity contribution in [1.82, 2.24) is 0 Å². The average molecular weight is 201 g/mol. The van der Waals surface area contributed by atoms with Crippen LogP contribution in [-0.4, -0.2) is 6.09 Å². The van der Waals surface area contributed by atoms with Crippen LogP contribution in [0.15, 0.2) is 18.2 Å². The first kappa shape index (κ1) is 9.67. The molecule has 0 saturated heterocycles. The first-order chi connectivity index (χ1) is 6.09. The minimum Gasteiger partial charge on any atom is -0.445 e. The van der Waals surface area contributed by atoms with E-state index >= 15 is 0 Å². The Balaban J connectivity index is 2.68. The number of rotatable bonds is 2. The molecule has 0 fully saturated rings. The second-order valence-electron chi connectivity index (χ2n) is 2.46. The number of nitrogen functional groups attached to an aromatic ring is 1. The zero-order valence-corrected chi connectivity index (χ0v) is 7.54. The van der Waals surface area contributed by atoms with Gasteiger partial charge in [0.1, 0.15) is 6.61 Å². The third kappa shape index (κ3) is 2.83. The molecule has 1 rings (SSSR count). The van der Waals surface area contributed by atoms with Crippen LogP contribution < -0.4 is 11.5 Å². The Morgan fingerprint density at radius 3 is 2.77 bits per heavy atom. The molecule has 0 aliphatic rings. The van der Waals surface area contributed by atoms with Gasteiger partial charge in [-0.3, -0.25) is 0 Å². The number of carbonyl (C=O) groups is 1. The van der Waals surface area contributed by atoms with Crippen molar-refractivity contribution < 1.29 is 9.53 Å². The highest BCUT2D eigenvalue weighted by molar-refractivity contribution is 6.33. The van der Waals surface area contributed by atoms with Crippen LogP contribution in [0.1, 0.15) is 5.56 Å². The average Bonchev–Trinajstić information content (AvgIpc) is 2.07. The van der Waals surface area contributed by atoms with Gasteiger partial charge in [-0.1, -0.05) is 17.7 Å². The van der Waals surface area contributed by atoms with Gasteiger partial charge in [0, 0.05) is 0 Å². The summed E-state index contributed by atoms with van der Waals surface area (Å²) in [4.78, 5) is 10.3. The number of halogens is 1. The van der Waals surface area contributed by atoms with Crippen molar-refractivity contribution in [2.45, 2.75) is 6.61 Å². The van der Waals surface area contributed by atoms with Crippen molar-refractivity contribution in [3.05, 3.63) is 28.8 Å². The van der Waals surface area contributed by atoms with Gasteiger partial charge in [-0.2, -0.15) is 0 Å². The minimum atomic E-state index is -0.812. The van der Waals surface area contributed by atoms with Crippen molar-refractivity contribution in [3.63, 3.8) is 0 Å². The molecular weight excluding hydrogens is 192 g/mol. The SMILES string of the molecule is NC(=O)OCc1ccc(N)c(Cl)c1. The summed E-state index contributed by atoms with van der Waals surface area (Å²) in [6.45, 7) is 0.106. The zero-order valence-electron chi connectivity index (χ0n) is 6.79. The molecule has 0 aromatic heterocycles. The molecule has 4 N–H and O–H groups in total. The molecule has 0 spiro atoms. The van der Waals surface area contributed by atoms with Crippen molar-refractivity contribution in [2.75, 3.05) is 5.73 Å². The molecule has 0 aliphatic carbocycles. The maximum atomic E-state index is 10.3. The third-order valence-corrected chi connectivity index (χ3v) is 1.77. The number of ether oxygens (including phenoxy) is 1. The highest BCUT2D eigenvalue weighted by Crippen LogP contribution is 2.19. The molecule has 0 saturated carbocycles. The van der Waals surface area contributed by atoms with Gasteiger partial charge in [0.05, 0.1) is 10.7 Å². The summed E-state index contributed by atoms with van der Waals surface area (Å²) in [5.74, 6) is 0. The molecule has 1 amide bonds. The molecule has 70 valence electrons. The van der Waals surface area contributed by atoms with E-state index in [0.29, 0.717) is 10.7 Å². The van der Waals surface area contributed by atoms with Crippen molar-refractivity contribution >= 4 is 23.4 Å². The first-order valence-corrected chi connectivity index (χ1v) is 3.93. The van der Waals surface area contributed by atoms with E-state index in [1.54, 1.807) is 18.2 Å². The lowest BCUT2D eigenvalue weighted by atomic mass is 10.2. The maximum Gasteiger partial charge on any atom is 0.404 e. The van der Waals surface area contributed by atoms with E-state index in [0.717, 1.165) is 5.56 Å². The van der Waals surface area contributed by atoms with Crippen LogP contribution >= 0.6 is 11.6 Å². The van der Waals surface area contributed by atoms with Gasteiger partial charge in [0.15, 0.2) is 0 Å². The van der Waals surface area contributed by atoms with Crippen molar-refractivity contribution in [2.24, 2.45) is 5.73 Å². The number of nitrogens with two attached hydrogens (primary N) is 2. The summed E-state index contributed by atoms with van der Waals surface area (Å²) in [5, 5.41) is 0.436. The number of amides is 1.